The lowest BCUT2D eigenvalue weighted by Crippen LogP contribution is -2.22. The van der Waals surface area contributed by atoms with Crippen molar-refractivity contribution >= 4 is 11.6 Å². The SMILES string of the molecule is O=C1N=NN=C2CC3=C(CCCC3)C12. The third kappa shape index (κ3) is 0.997. The molecule has 0 saturated carbocycles. The highest BCUT2D eigenvalue weighted by molar-refractivity contribution is 6.11. The molecule has 2 aliphatic carbocycles. The van der Waals surface area contributed by atoms with Crippen LogP contribution in [0.25, 0.3) is 0 Å². The lowest BCUT2D eigenvalue weighted by Gasteiger charge is -2.16. The Bertz CT molecular complexity index is 392. The van der Waals surface area contributed by atoms with Gasteiger partial charge in [0.2, 0.25) is 0 Å². The normalized spacial score (nSPS) is 30.1. The third-order valence-corrected chi connectivity index (χ3v) is 3.27. The Morgan fingerprint density at radius 3 is 3.00 bits per heavy atom. The summed E-state index contributed by atoms with van der Waals surface area (Å²) >= 11 is 0. The predicted octanol–water partition coefficient (Wildman–Crippen LogP) is 2.23. The first-order chi connectivity index (χ1) is 6.86. The molecule has 0 fully saturated rings. The highest BCUT2D eigenvalue weighted by Gasteiger charge is 2.38. The third-order valence-electron chi connectivity index (χ3n) is 3.27. The van der Waals surface area contributed by atoms with Crippen LogP contribution < -0.4 is 0 Å². The maximum atomic E-state index is 11.6. The molecule has 0 spiro atoms. The standard InChI is InChI=1S/C10H11N3O/c14-10-9-7-4-2-1-3-6(7)5-8(9)11-13-12-10/h9H,1-5H2. The smallest absolute Gasteiger partial charge is 0.270 e. The van der Waals surface area contributed by atoms with Crippen LogP contribution >= 0.6 is 0 Å². The predicted molar refractivity (Wildman–Crippen MR) is 50.9 cm³/mol. The minimum absolute atomic E-state index is 0.109. The second-order valence-corrected chi connectivity index (χ2v) is 4.06. The van der Waals surface area contributed by atoms with Crippen LogP contribution in [0.4, 0.5) is 0 Å². The van der Waals surface area contributed by atoms with Crippen LogP contribution in [0, 0.1) is 5.92 Å². The Kier molecular flexibility index (Phi) is 1.63. The maximum absolute atomic E-state index is 11.6. The van der Waals surface area contributed by atoms with E-state index in [0.717, 1.165) is 25.0 Å². The van der Waals surface area contributed by atoms with Crippen molar-refractivity contribution in [2.75, 3.05) is 0 Å². The molecule has 1 unspecified atom stereocenters. The van der Waals surface area contributed by atoms with E-state index >= 15 is 0 Å². The molecule has 1 heterocycles. The monoisotopic (exact) mass is 189 g/mol. The van der Waals surface area contributed by atoms with Gasteiger partial charge in [-0.2, -0.15) is 0 Å². The fraction of sp³-hybridized carbons (Fsp3) is 0.600. The lowest BCUT2D eigenvalue weighted by atomic mass is 9.89. The minimum Gasteiger partial charge on any atom is -0.270 e. The highest BCUT2D eigenvalue weighted by atomic mass is 16.2. The van der Waals surface area contributed by atoms with E-state index in [9.17, 15) is 4.79 Å². The number of amides is 1. The van der Waals surface area contributed by atoms with Crippen LogP contribution in [0.15, 0.2) is 26.6 Å². The fourth-order valence-corrected chi connectivity index (χ4v) is 2.63. The number of rotatable bonds is 0. The van der Waals surface area contributed by atoms with E-state index in [-0.39, 0.29) is 11.8 Å². The van der Waals surface area contributed by atoms with Gasteiger partial charge in [0.25, 0.3) is 5.91 Å². The van der Waals surface area contributed by atoms with E-state index in [2.05, 4.69) is 15.4 Å². The molecule has 0 aromatic carbocycles. The zero-order chi connectivity index (χ0) is 9.54. The van der Waals surface area contributed by atoms with E-state index in [4.69, 9.17) is 0 Å². The first kappa shape index (κ1) is 8.03. The lowest BCUT2D eigenvalue weighted by molar-refractivity contribution is -0.119. The topological polar surface area (TPSA) is 54.1 Å². The average Bonchev–Trinajstić information content (AvgIpc) is 2.57. The zero-order valence-electron chi connectivity index (χ0n) is 7.86. The van der Waals surface area contributed by atoms with Gasteiger partial charge >= 0.3 is 0 Å². The van der Waals surface area contributed by atoms with Gasteiger partial charge in [0.05, 0.1) is 5.71 Å². The van der Waals surface area contributed by atoms with Gasteiger partial charge in [-0.15, -0.1) is 5.10 Å². The summed E-state index contributed by atoms with van der Waals surface area (Å²) in [6.45, 7) is 0. The van der Waals surface area contributed by atoms with E-state index in [1.807, 2.05) is 0 Å². The minimum atomic E-state index is -0.122. The summed E-state index contributed by atoms with van der Waals surface area (Å²) in [5.74, 6) is -0.232. The number of hydrogen-bond donors (Lipinski definition) is 0. The van der Waals surface area contributed by atoms with Gasteiger partial charge in [-0.1, -0.05) is 16.3 Å². The molecule has 72 valence electrons. The molecule has 0 radical (unpaired) electrons. The Hall–Kier alpha value is -1.32. The van der Waals surface area contributed by atoms with E-state index in [0.29, 0.717) is 0 Å². The Balaban J connectivity index is 2.03. The Morgan fingerprint density at radius 2 is 2.07 bits per heavy atom. The van der Waals surface area contributed by atoms with Crippen LogP contribution in [-0.2, 0) is 4.79 Å². The molecule has 3 aliphatic rings. The summed E-state index contributed by atoms with van der Waals surface area (Å²) in [6, 6.07) is 0. The van der Waals surface area contributed by atoms with Crippen LogP contribution in [0.1, 0.15) is 32.1 Å². The van der Waals surface area contributed by atoms with Crippen molar-refractivity contribution in [1.29, 1.82) is 0 Å². The second kappa shape index (κ2) is 2.83. The average molecular weight is 189 g/mol. The van der Waals surface area contributed by atoms with Crippen LogP contribution in [0.2, 0.25) is 0 Å². The molecule has 0 aromatic heterocycles. The number of hydrogen-bond acceptors (Lipinski definition) is 3. The van der Waals surface area contributed by atoms with Crippen molar-refractivity contribution in [2.45, 2.75) is 32.1 Å². The van der Waals surface area contributed by atoms with E-state index < -0.39 is 0 Å². The van der Waals surface area contributed by atoms with Crippen molar-refractivity contribution in [3.05, 3.63) is 11.1 Å². The van der Waals surface area contributed by atoms with Gasteiger partial charge in [-0.05, 0) is 30.9 Å². The molecule has 1 atom stereocenters. The summed E-state index contributed by atoms with van der Waals surface area (Å²) in [5, 5.41) is 11.0. The highest BCUT2D eigenvalue weighted by Crippen LogP contribution is 2.41. The summed E-state index contributed by atoms with van der Waals surface area (Å²) < 4.78 is 0. The van der Waals surface area contributed by atoms with E-state index in [1.165, 1.54) is 24.0 Å². The molecule has 4 heteroatoms. The number of carbonyl (C=O) groups excluding carboxylic acids is 1. The molecule has 1 aliphatic heterocycles. The molecule has 0 saturated heterocycles. The summed E-state index contributed by atoms with van der Waals surface area (Å²) in [7, 11) is 0. The summed E-state index contributed by atoms with van der Waals surface area (Å²) in [6.07, 6.45) is 5.51. The van der Waals surface area contributed by atoms with Gasteiger partial charge in [0, 0.05) is 6.42 Å². The van der Waals surface area contributed by atoms with Gasteiger partial charge in [-0.3, -0.25) is 4.79 Å². The zero-order valence-corrected chi connectivity index (χ0v) is 7.86. The Labute approximate surface area is 81.8 Å². The van der Waals surface area contributed by atoms with Gasteiger partial charge in [0.15, 0.2) is 0 Å². The summed E-state index contributed by atoms with van der Waals surface area (Å²) in [4.78, 5) is 11.6. The van der Waals surface area contributed by atoms with Crippen LogP contribution in [0.3, 0.4) is 0 Å². The van der Waals surface area contributed by atoms with Gasteiger partial charge in [-0.25, -0.2) is 0 Å². The first-order valence-electron chi connectivity index (χ1n) is 5.08. The molecule has 0 N–H and O–H groups in total. The van der Waals surface area contributed by atoms with Crippen molar-refractivity contribution in [3.8, 4) is 0 Å². The van der Waals surface area contributed by atoms with Gasteiger partial charge < -0.3 is 0 Å². The molecule has 1 amide bonds. The van der Waals surface area contributed by atoms with E-state index in [1.54, 1.807) is 0 Å². The second-order valence-electron chi connectivity index (χ2n) is 4.06. The van der Waals surface area contributed by atoms with Crippen molar-refractivity contribution in [1.82, 2.24) is 0 Å². The summed E-state index contributed by atoms with van der Waals surface area (Å²) in [5.41, 5.74) is 3.66. The first-order valence-corrected chi connectivity index (χ1v) is 5.08. The van der Waals surface area contributed by atoms with Crippen LogP contribution in [0.5, 0.6) is 0 Å². The quantitative estimate of drug-likeness (QED) is 0.539. The van der Waals surface area contributed by atoms with Crippen molar-refractivity contribution < 1.29 is 4.79 Å². The molecular formula is C10H11N3O. The molecule has 0 bridgehead atoms. The van der Waals surface area contributed by atoms with Crippen molar-refractivity contribution in [3.63, 3.8) is 0 Å². The number of allylic oxidation sites excluding steroid dienone is 1. The maximum Gasteiger partial charge on any atom is 0.279 e. The van der Waals surface area contributed by atoms with Crippen LogP contribution in [-0.4, -0.2) is 11.6 Å². The largest absolute Gasteiger partial charge is 0.279 e. The van der Waals surface area contributed by atoms with Crippen molar-refractivity contribution in [2.24, 2.45) is 21.4 Å². The molecule has 3 rings (SSSR count). The number of nitrogens with zero attached hydrogens (tertiary/aromatic N) is 3. The van der Waals surface area contributed by atoms with Gasteiger partial charge in [0.1, 0.15) is 5.92 Å². The molecular weight excluding hydrogens is 178 g/mol. The molecule has 4 nitrogen and oxygen atoms in total. The fourth-order valence-electron chi connectivity index (χ4n) is 2.63. The molecule has 14 heavy (non-hydrogen) atoms. The molecule has 0 aromatic rings. The number of carbonyl (C=O) groups is 1. The Morgan fingerprint density at radius 1 is 1.21 bits per heavy atom. The number of fused-ring (bicyclic) bond motifs is 2.